The summed E-state index contributed by atoms with van der Waals surface area (Å²) >= 11 is 5.84. The van der Waals surface area contributed by atoms with E-state index in [2.05, 4.69) is 12.1 Å². The van der Waals surface area contributed by atoms with Crippen molar-refractivity contribution in [3.05, 3.63) is 22.6 Å². The fourth-order valence-electron chi connectivity index (χ4n) is 5.47. The topological polar surface area (TPSA) is 81.7 Å². The molecule has 8 heteroatoms. The molecule has 0 aromatic rings. The van der Waals surface area contributed by atoms with E-state index in [1.165, 1.54) is 5.41 Å². The first-order chi connectivity index (χ1) is 12.5. The number of hydrogen-bond donors (Lipinski definition) is 0. The number of hydrogen-bond acceptors (Lipinski definition) is 7. The fraction of sp³-hybridized carbons (Fsp3) is 0.667. The third-order valence-corrected chi connectivity index (χ3v) is 13.8. The maximum Gasteiger partial charge on any atom is 0.175 e. The predicted octanol–water partition coefficient (Wildman–Crippen LogP) is 3.00. The Hall–Kier alpha value is -0.540. The molecule has 3 saturated heterocycles. The molecule has 8 unspecified atom stereocenters. The fourth-order valence-corrected chi connectivity index (χ4v) is 13.6. The second-order valence-electron chi connectivity index (χ2n) is 7.60. The Morgan fingerprint density at radius 2 is 1.92 bits per heavy atom. The zero-order chi connectivity index (χ0) is 18.1. The number of nitriles is 2. The normalized spacial score (nSPS) is 47.2. The lowest BCUT2D eigenvalue weighted by Gasteiger charge is -2.24. The smallest absolute Gasteiger partial charge is 0.175 e. The summed E-state index contributed by atoms with van der Waals surface area (Å²) in [6, 6.07) is 4.31. The maximum absolute atomic E-state index is 12.2. The molecule has 4 nitrogen and oxygen atoms in total. The zero-order valence-corrected chi connectivity index (χ0v) is 17.2. The summed E-state index contributed by atoms with van der Waals surface area (Å²) in [5, 5.41) is 21.9. The Morgan fingerprint density at radius 1 is 1.12 bits per heavy atom. The van der Waals surface area contributed by atoms with Crippen molar-refractivity contribution in [2.75, 3.05) is 11.5 Å². The molecule has 1 aliphatic carbocycles. The van der Waals surface area contributed by atoms with Gasteiger partial charge in [0, 0.05) is 38.1 Å². The highest BCUT2D eigenvalue weighted by atomic mass is 32.2. The van der Waals surface area contributed by atoms with E-state index in [1.807, 2.05) is 41.4 Å². The summed E-state index contributed by atoms with van der Waals surface area (Å²) in [6.07, 6.45) is 3.98. The third-order valence-electron chi connectivity index (χ3n) is 6.53. The van der Waals surface area contributed by atoms with E-state index in [1.54, 1.807) is 0 Å². The summed E-state index contributed by atoms with van der Waals surface area (Å²) in [4.78, 5) is 0. The SMILES string of the molecule is N#CC(C#N)=C1C2CCSC2C2SC(C3SCC4C3C=CS4(=O)=O)CC12. The molecule has 8 atom stereocenters. The molecule has 5 rings (SSSR count). The lowest BCUT2D eigenvalue weighted by molar-refractivity contribution is 0.534. The molecule has 0 bridgehead atoms. The van der Waals surface area contributed by atoms with Crippen molar-refractivity contribution in [3.8, 4) is 12.1 Å². The van der Waals surface area contributed by atoms with E-state index in [0.717, 1.165) is 24.2 Å². The minimum atomic E-state index is -3.06. The minimum absolute atomic E-state index is 0.132. The summed E-state index contributed by atoms with van der Waals surface area (Å²) < 4.78 is 24.4. The van der Waals surface area contributed by atoms with Crippen molar-refractivity contribution in [3.63, 3.8) is 0 Å². The average Bonchev–Trinajstić information content (AvgIpc) is 3.38. The summed E-state index contributed by atoms with van der Waals surface area (Å²) in [5.41, 5.74) is 1.47. The third kappa shape index (κ3) is 2.38. The van der Waals surface area contributed by atoms with Gasteiger partial charge in [-0.2, -0.15) is 45.8 Å². The quantitative estimate of drug-likeness (QED) is 0.601. The standard InChI is InChI=1S/C18H18N2O2S4/c19-6-9(7-20)15-11-1-3-23-17(11)18-12(15)5-13(25-18)16-10-2-4-26(21,22)14(10)8-24-16/h2,4,10-14,16-18H,1,3,5,8H2. The van der Waals surface area contributed by atoms with Crippen LogP contribution in [0.1, 0.15) is 12.8 Å². The van der Waals surface area contributed by atoms with Gasteiger partial charge in [-0.3, -0.25) is 0 Å². The average molecular weight is 423 g/mol. The van der Waals surface area contributed by atoms with Crippen molar-refractivity contribution in [2.24, 2.45) is 17.8 Å². The van der Waals surface area contributed by atoms with Crippen LogP contribution in [0.2, 0.25) is 0 Å². The van der Waals surface area contributed by atoms with Gasteiger partial charge in [-0.15, -0.1) is 0 Å². The molecule has 0 aromatic carbocycles. The highest BCUT2D eigenvalue weighted by Gasteiger charge is 2.58. The molecular formula is C18H18N2O2S4. The highest BCUT2D eigenvalue weighted by Crippen LogP contribution is 2.63. The van der Waals surface area contributed by atoms with Gasteiger partial charge in [-0.25, -0.2) is 8.42 Å². The van der Waals surface area contributed by atoms with Gasteiger partial charge in [0.2, 0.25) is 0 Å². The van der Waals surface area contributed by atoms with Gasteiger partial charge in [0.05, 0.1) is 5.25 Å². The molecule has 1 saturated carbocycles. The Kier molecular flexibility index (Phi) is 4.21. The maximum atomic E-state index is 12.2. The van der Waals surface area contributed by atoms with Gasteiger partial charge < -0.3 is 0 Å². The van der Waals surface area contributed by atoms with Crippen LogP contribution >= 0.6 is 35.3 Å². The van der Waals surface area contributed by atoms with E-state index in [4.69, 9.17) is 0 Å². The van der Waals surface area contributed by atoms with Crippen LogP contribution in [0.15, 0.2) is 22.6 Å². The number of allylic oxidation sites excluding steroid dienone is 3. The lowest BCUT2D eigenvalue weighted by atomic mass is 9.86. The Labute approximate surface area is 166 Å². The van der Waals surface area contributed by atoms with Crippen LogP contribution in [-0.2, 0) is 9.84 Å². The van der Waals surface area contributed by atoms with Gasteiger partial charge in [-0.05, 0) is 36.0 Å². The first-order valence-electron chi connectivity index (χ1n) is 8.90. The van der Waals surface area contributed by atoms with Crippen LogP contribution in [0, 0.1) is 40.4 Å². The van der Waals surface area contributed by atoms with E-state index in [0.29, 0.717) is 44.2 Å². The van der Waals surface area contributed by atoms with Crippen molar-refractivity contribution in [2.45, 2.75) is 39.1 Å². The number of rotatable bonds is 1. The number of nitrogens with zero attached hydrogens (tertiary/aromatic N) is 2. The Bertz CT molecular complexity index is 881. The second kappa shape index (κ2) is 6.24. The first kappa shape index (κ1) is 17.6. The van der Waals surface area contributed by atoms with Crippen LogP contribution < -0.4 is 0 Å². The molecule has 4 fully saturated rings. The molecule has 4 aliphatic heterocycles. The van der Waals surface area contributed by atoms with Crippen molar-refractivity contribution in [1.29, 1.82) is 10.5 Å². The first-order valence-corrected chi connectivity index (χ1v) is 13.5. The molecule has 26 heavy (non-hydrogen) atoms. The lowest BCUT2D eigenvalue weighted by Crippen LogP contribution is -2.29. The van der Waals surface area contributed by atoms with E-state index in [9.17, 15) is 18.9 Å². The summed E-state index contributed by atoms with van der Waals surface area (Å²) in [5.74, 6) is 2.66. The Balaban J connectivity index is 1.44. The van der Waals surface area contributed by atoms with E-state index >= 15 is 0 Å². The summed E-state index contributed by atoms with van der Waals surface area (Å²) in [6.45, 7) is 0. The van der Waals surface area contributed by atoms with Gasteiger partial charge in [-0.1, -0.05) is 6.08 Å². The van der Waals surface area contributed by atoms with Gasteiger partial charge in [0.25, 0.3) is 0 Å². The molecule has 0 spiro atoms. The molecule has 0 aromatic heterocycles. The molecule has 0 N–H and O–H groups in total. The van der Waals surface area contributed by atoms with E-state index < -0.39 is 9.84 Å². The van der Waals surface area contributed by atoms with Crippen LogP contribution in [0.3, 0.4) is 0 Å². The zero-order valence-electron chi connectivity index (χ0n) is 13.9. The molecule has 0 amide bonds. The van der Waals surface area contributed by atoms with Crippen LogP contribution in [0.4, 0.5) is 0 Å². The van der Waals surface area contributed by atoms with Gasteiger partial charge >= 0.3 is 0 Å². The van der Waals surface area contributed by atoms with Gasteiger partial charge in [0.15, 0.2) is 9.84 Å². The van der Waals surface area contributed by atoms with Crippen LogP contribution in [-0.4, -0.2) is 46.2 Å². The monoisotopic (exact) mass is 422 g/mol. The Morgan fingerprint density at radius 3 is 2.69 bits per heavy atom. The van der Waals surface area contributed by atoms with E-state index in [-0.39, 0.29) is 11.2 Å². The molecule has 5 aliphatic rings. The van der Waals surface area contributed by atoms with Crippen LogP contribution in [0.5, 0.6) is 0 Å². The second-order valence-corrected chi connectivity index (χ2v) is 13.6. The molecule has 136 valence electrons. The van der Waals surface area contributed by atoms with Gasteiger partial charge in [0.1, 0.15) is 17.7 Å². The number of fused-ring (bicyclic) bond motifs is 4. The van der Waals surface area contributed by atoms with Crippen molar-refractivity contribution in [1.82, 2.24) is 0 Å². The molecular weight excluding hydrogens is 404 g/mol. The number of sulfone groups is 1. The molecule has 4 heterocycles. The summed E-state index contributed by atoms with van der Waals surface area (Å²) in [7, 11) is -3.06. The number of thioether (sulfide) groups is 3. The largest absolute Gasteiger partial charge is 0.224 e. The molecule has 0 radical (unpaired) electrons. The van der Waals surface area contributed by atoms with Crippen molar-refractivity contribution < 1.29 is 8.42 Å². The minimum Gasteiger partial charge on any atom is -0.224 e. The van der Waals surface area contributed by atoms with Crippen LogP contribution in [0.25, 0.3) is 0 Å². The highest BCUT2D eigenvalue weighted by molar-refractivity contribution is 8.06. The van der Waals surface area contributed by atoms with Crippen molar-refractivity contribution >= 4 is 45.1 Å². The predicted molar refractivity (Wildman–Crippen MR) is 107 cm³/mol.